The van der Waals surface area contributed by atoms with Gasteiger partial charge in [0.05, 0.1) is 12.4 Å². The maximum absolute atomic E-state index is 13.9. The molecule has 0 spiro atoms. The van der Waals surface area contributed by atoms with Crippen LogP contribution in [0, 0.1) is 0 Å². The average Bonchev–Trinajstić information content (AvgIpc) is 3.79. The van der Waals surface area contributed by atoms with Gasteiger partial charge in [0.1, 0.15) is 23.9 Å². The van der Waals surface area contributed by atoms with Gasteiger partial charge in [0.2, 0.25) is 17.7 Å². The zero-order chi connectivity index (χ0) is 31.2. The van der Waals surface area contributed by atoms with E-state index >= 15 is 0 Å². The molecule has 1 aliphatic heterocycles. The van der Waals surface area contributed by atoms with Crippen LogP contribution in [0.2, 0.25) is 0 Å². The normalized spacial score (nSPS) is 16.8. The van der Waals surface area contributed by atoms with E-state index < -0.39 is 47.9 Å². The summed E-state index contributed by atoms with van der Waals surface area (Å²) in [5, 5.41) is 25.7. The average molecular weight is 602 g/mol. The summed E-state index contributed by atoms with van der Waals surface area (Å²) < 4.78 is 0. The highest BCUT2D eigenvalue weighted by Gasteiger charge is 2.39. The number of rotatable bonds is 12. The smallest absolute Gasteiger partial charge is 0.326 e. The summed E-state index contributed by atoms with van der Waals surface area (Å²) in [5.41, 5.74) is 9.11. The Kier molecular flexibility index (Phi) is 9.24. The van der Waals surface area contributed by atoms with Crippen molar-refractivity contribution in [2.75, 3.05) is 6.54 Å². The molecule has 4 aromatic rings. The number of carbonyl (C=O) groups excluding carboxylic acids is 3. The highest BCUT2D eigenvalue weighted by molar-refractivity contribution is 5.95. The van der Waals surface area contributed by atoms with Gasteiger partial charge in [-0.1, -0.05) is 30.3 Å². The van der Waals surface area contributed by atoms with E-state index in [-0.39, 0.29) is 31.6 Å². The molecule has 1 fully saturated rings. The van der Waals surface area contributed by atoms with Crippen molar-refractivity contribution < 1.29 is 29.4 Å². The molecule has 4 unspecified atom stereocenters. The Balaban J connectivity index is 1.28. The molecule has 1 aliphatic rings. The third kappa shape index (κ3) is 7.06. The van der Waals surface area contributed by atoms with Gasteiger partial charge in [-0.25, -0.2) is 9.78 Å². The van der Waals surface area contributed by atoms with E-state index in [1.807, 2.05) is 24.3 Å². The number of hydrogen-bond acceptors (Lipinski definition) is 7. The van der Waals surface area contributed by atoms with E-state index in [0.29, 0.717) is 18.5 Å². The van der Waals surface area contributed by atoms with Crippen molar-refractivity contribution in [3.63, 3.8) is 0 Å². The summed E-state index contributed by atoms with van der Waals surface area (Å²) in [4.78, 5) is 64.0. The second-order valence-corrected chi connectivity index (χ2v) is 11.0. The molecule has 3 heterocycles. The van der Waals surface area contributed by atoms with E-state index in [0.717, 1.165) is 22.0 Å². The Hall–Kier alpha value is -5.17. The Morgan fingerprint density at radius 2 is 1.77 bits per heavy atom. The minimum absolute atomic E-state index is 0.0587. The predicted molar refractivity (Wildman–Crippen MR) is 160 cm³/mol. The van der Waals surface area contributed by atoms with Gasteiger partial charge in [-0.3, -0.25) is 14.4 Å². The van der Waals surface area contributed by atoms with Gasteiger partial charge in [-0.2, -0.15) is 0 Å². The lowest BCUT2D eigenvalue weighted by Gasteiger charge is -2.30. The number of likely N-dealkylation sites (tertiary alicyclic amines) is 1. The lowest BCUT2D eigenvalue weighted by Crippen LogP contribution is -2.57. The van der Waals surface area contributed by atoms with E-state index in [4.69, 9.17) is 5.73 Å². The zero-order valence-electron chi connectivity index (χ0n) is 23.9. The minimum Gasteiger partial charge on any atom is -0.508 e. The summed E-state index contributed by atoms with van der Waals surface area (Å²) >= 11 is 0. The van der Waals surface area contributed by atoms with Gasteiger partial charge >= 0.3 is 5.97 Å². The molecule has 13 nitrogen and oxygen atoms in total. The molecule has 1 saturated heterocycles. The standard InChI is InChI=1S/C31H35N7O6/c32-23(12-18-7-9-21(39)10-8-18)28(40)36-25(14-20-16-33-17-35-20)30(42)38-11-3-6-27(38)29(41)37-26(31(43)44)13-19-15-34-24-5-2-1-4-22(19)24/h1-2,4-5,7-10,15-17,23,25-27,34,39H,3,6,11-14,32H2,(H,33,35)(H,36,40)(H,37,41)(H,43,44). The van der Waals surface area contributed by atoms with Crippen LogP contribution in [-0.4, -0.2) is 84.5 Å². The van der Waals surface area contributed by atoms with Crippen LogP contribution in [0.1, 0.15) is 29.7 Å². The molecule has 0 aliphatic carbocycles. The van der Waals surface area contributed by atoms with Crippen molar-refractivity contribution >= 4 is 34.6 Å². The van der Waals surface area contributed by atoms with E-state index in [2.05, 4.69) is 25.6 Å². The fraction of sp³-hybridized carbons (Fsp3) is 0.323. The Labute approximate surface area is 252 Å². The molecule has 2 aromatic carbocycles. The monoisotopic (exact) mass is 601 g/mol. The highest BCUT2D eigenvalue weighted by atomic mass is 16.4. The fourth-order valence-corrected chi connectivity index (χ4v) is 5.57. The second-order valence-electron chi connectivity index (χ2n) is 11.0. The van der Waals surface area contributed by atoms with Crippen molar-refractivity contribution in [2.24, 2.45) is 5.73 Å². The SMILES string of the molecule is NC(Cc1ccc(O)cc1)C(=O)NC(Cc1cnc[nH]1)C(=O)N1CCCC1C(=O)NC(Cc1c[nH]c2ccccc12)C(=O)O. The lowest BCUT2D eigenvalue weighted by atomic mass is 10.0. The van der Waals surface area contributed by atoms with Crippen molar-refractivity contribution in [3.8, 4) is 5.75 Å². The molecule has 8 N–H and O–H groups in total. The Bertz CT molecular complexity index is 1620. The number of hydrogen-bond donors (Lipinski definition) is 7. The third-order valence-corrected chi connectivity index (χ3v) is 7.87. The fourth-order valence-electron chi connectivity index (χ4n) is 5.57. The molecule has 0 saturated carbocycles. The number of fused-ring (bicyclic) bond motifs is 1. The molecule has 4 atom stereocenters. The maximum Gasteiger partial charge on any atom is 0.326 e. The number of imidazole rings is 1. The third-order valence-electron chi connectivity index (χ3n) is 7.87. The highest BCUT2D eigenvalue weighted by Crippen LogP contribution is 2.22. The van der Waals surface area contributed by atoms with Gasteiger partial charge < -0.3 is 41.4 Å². The van der Waals surface area contributed by atoms with Crippen LogP contribution in [0.5, 0.6) is 5.75 Å². The number of aliphatic carboxylic acids is 1. The number of carboxylic acid groups (broad SMARTS) is 1. The first-order valence-electron chi connectivity index (χ1n) is 14.4. The predicted octanol–water partition coefficient (Wildman–Crippen LogP) is 0.997. The lowest BCUT2D eigenvalue weighted by molar-refractivity contribution is -0.144. The van der Waals surface area contributed by atoms with Crippen LogP contribution < -0.4 is 16.4 Å². The molecular weight excluding hydrogens is 566 g/mol. The number of phenolic OH excluding ortho intramolecular Hbond substituents is 1. The summed E-state index contributed by atoms with van der Waals surface area (Å²) in [6.45, 7) is 0.270. The number of nitrogens with two attached hydrogens (primary N) is 1. The van der Waals surface area contributed by atoms with Crippen molar-refractivity contribution in [1.29, 1.82) is 0 Å². The first-order valence-corrected chi connectivity index (χ1v) is 14.4. The van der Waals surface area contributed by atoms with E-state index in [9.17, 15) is 29.4 Å². The van der Waals surface area contributed by atoms with Crippen LogP contribution in [0.25, 0.3) is 10.9 Å². The van der Waals surface area contributed by atoms with Crippen LogP contribution >= 0.6 is 0 Å². The number of carboxylic acids is 1. The number of aromatic hydroxyl groups is 1. The summed E-state index contributed by atoms with van der Waals surface area (Å²) in [6, 6.07) is 9.66. The van der Waals surface area contributed by atoms with Gasteiger partial charge in [-0.15, -0.1) is 0 Å². The molecule has 3 amide bonds. The number of carbonyl (C=O) groups is 4. The van der Waals surface area contributed by atoms with Gasteiger partial charge in [0, 0.05) is 48.4 Å². The molecule has 2 aromatic heterocycles. The number of H-pyrrole nitrogens is 2. The van der Waals surface area contributed by atoms with Gasteiger partial charge in [0.25, 0.3) is 0 Å². The first-order chi connectivity index (χ1) is 21.2. The van der Waals surface area contributed by atoms with Gasteiger partial charge in [-0.05, 0) is 48.6 Å². The van der Waals surface area contributed by atoms with Gasteiger partial charge in [0.15, 0.2) is 0 Å². The molecule has 230 valence electrons. The molecule has 13 heteroatoms. The number of aromatic nitrogens is 3. The molecule has 0 radical (unpaired) electrons. The van der Waals surface area contributed by atoms with Crippen LogP contribution in [0.4, 0.5) is 0 Å². The van der Waals surface area contributed by atoms with Crippen LogP contribution in [0.15, 0.2) is 67.3 Å². The number of aromatic amines is 2. The number of nitrogens with one attached hydrogen (secondary N) is 4. The van der Waals surface area contributed by atoms with Crippen LogP contribution in [0.3, 0.4) is 0 Å². The second kappa shape index (κ2) is 13.4. The van der Waals surface area contributed by atoms with E-state index in [1.165, 1.54) is 23.4 Å². The summed E-state index contributed by atoms with van der Waals surface area (Å²) in [5.74, 6) is -2.70. The summed E-state index contributed by atoms with van der Waals surface area (Å²) in [7, 11) is 0. The van der Waals surface area contributed by atoms with Crippen molar-refractivity contribution in [3.05, 3.63) is 84.1 Å². The Morgan fingerprint density at radius 3 is 2.50 bits per heavy atom. The zero-order valence-corrected chi connectivity index (χ0v) is 23.9. The Morgan fingerprint density at radius 1 is 1.00 bits per heavy atom. The number of para-hydroxylation sites is 1. The number of nitrogens with zero attached hydrogens (tertiary/aromatic N) is 2. The number of phenols is 1. The van der Waals surface area contributed by atoms with E-state index in [1.54, 1.807) is 24.5 Å². The molecular formula is C31H35N7O6. The maximum atomic E-state index is 13.9. The van der Waals surface area contributed by atoms with Crippen LogP contribution in [-0.2, 0) is 38.4 Å². The van der Waals surface area contributed by atoms with Crippen molar-refractivity contribution in [2.45, 2.75) is 56.3 Å². The molecule has 44 heavy (non-hydrogen) atoms. The van der Waals surface area contributed by atoms with Crippen molar-refractivity contribution in [1.82, 2.24) is 30.5 Å². The summed E-state index contributed by atoms with van der Waals surface area (Å²) in [6.07, 6.45) is 5.94. The largest absolute Gasteiger partial charge is 0.508 e. The topological polar surface area (TPSA) is 207 Å². The quantitative estimate of drug-likeness (QED) is 0.124. The first kappa shape index (κ1) is 30.3. The molecule has 5 rings (SSSR count). The molecule has 0 bridgehead atoms. The number of amides is 3. The minimum atomic E-state index is -1.21. The number of benzene rings is 2.